The number of nitrogens with zero attached hydrogens (tertiary/aromatic N) is 1. The number of nitrogens with one attached hydrogen (secondary N) is 1. The molecule has 0 bridgehead atoms. The van der Waals surface area contributed by atoms with Crippen molar-refractivity contribution in [3.63, 3.8) is 0 Å². The molecule has 0 aliphatic carbocycles. The van der Waals surface area contributed by atoms with E-state index in [1.165, 1.54) is 6.07 Å². The highest BCUT2D eigenvalue weighted by Crippen LogP contribution is 2.10. The fourth-order valence-electron chi connectivity index (χ4n) is 1.73. The lowest BCUT2D eigenvalue weighted by atomic mass is 10.0. The summed E-state index contributed by atoms with van der Waals surface area (Å²) >= 11 is 0. The highest BCUT2D eigenvalue weighted by atomic mass is 19.2. The number of carbonyl (C=O) groups is 2. The predicted molar refractivity (Wildman–Crippen MR) is 70.6 cm³/mol. The van der Waals surface area contributed by atoms with Crippen LogP contribution in [-0.2, 0) is 16.0 Å². The van der Waals surface area contributed by atoms with Crippen molar-refractivity contribution >= 4 is 11.8 Å². The van der Waals surface area contributed by atoms with Crippen LogP contribution in [-0.4, -0.2) is 17.9 Å². The summed E-state index contributed by atoms with van der Waals surface area (Å²) in [7, 11) is 0. The Labute approximate surface area is 120 Å². The summed E-state index contributed by atoms with van der Waals surface area (Å²) in [6.45, 7) is 1.59. The molecular weight excluding hydrogens is 280 g/mol. The van der Waals surface area contributed by atoms with Crippen molar-refractivity contribution in [3.05, 3.63) is 35.4 Å². The topological polar surface area (TPSA) is 96.0 Å². The molecule has 0 saturated carbocycles. The van der Waals surface area contributed by atoms with E-state index >= 15 is 0 Å². The van der Waals surface area contributed by atoms with Crippen molar-refractivity contribution in [2.45, 2.75) is 25.8 Å². The van der Waals surface area contributed by atoms with E-state index in [2.05, 4.69) is 5.32 Å². The van der Waals surface area contributed by atoms with E-state index in [0.717, 1.165) is 12.1 Å². The fraction of sp³-hybridized carbons (Fsp3) is 0.357. The van der Waals surface area contributed by atoms with Crippen molar-refractivity contribution in [2.24, 2.45) is 11.7 Å². The molecular formula is C14H15F2N3O2. The van der Waals surface area contributed by atoms with Crippen LogP contribution in [0, 0.1) is 28.9 Å². The normalized spacial score (nSPS) is 13.0. The van der Waals surface area contributed by atoms with Gasteiger partial charge in [0.25, 0.3) is 0 Å². The van der Waals surface area contributed by atoms with Gasteiger partial charge < -0.3 is 11.1 Å². The number of carbonyl (C=O) groups excluding carboxylic acids is 2. The first-order chi connectivity index (χ1) is 9.83. The summed E-state index contributed by atoms with van der Waals surface area (Å²) < 4.78 is 25.8. The Hall–Kier alpha value is -2.49. The van der Waals surface area contributed by atoms with Gasteiger partial charge in [0.05, 0.1) is 12.5 Å². The van der Waals surface area contributed by atoms with E-state index in [-0.39, 0.29) is 18.4 Å². The van der Waals surface area contributed by atoms with Gasteiger partial charge in [0.2, 0.25) is 11.8 Å². The van der Waals surface area contributed by atoms with Crippen LogP contribution >= 0.6 is 0 Å². The molecule has 0 fully saturated rings. The van der Waals surface area contributed by atoms with E-state index in [0.29, 0.717) is 0 Å². The molecule has 3 N–H and O–H groups in total. The van der Waals surface area contributed by atoms with Crippen LogP contribution in [0.3, 0.4) is 0 Å². The molecule has 5 nitrogen and oxygen atoms in total. The summed E-state index contributed by atoms with van der Waals surface area (Å²) in [6, 6.07) is 4.06. The molecule has 1 aromatic carbocycles. The molecule has 0 aliphatic rings. The standard InChI is InChI=1S/C14H15F2N3O2/c1-8(7-17)4-12(14(18)21)19-13(20)6-9-2-3-10(15)11(16)5-9/h2-3,5,8,12H,4,6H2,1H3,(H2,18,21)(H,19,20)/t8-,12-/m1/s1. The zero-order valence-corrected chi connectivity index (χ0v) is 11.4. The van der Waals surface area contributed by atoms with Gasteiger partial charge in [0, 0.05) is 5.92 Å². The molecule has 0 aromatic heterocycles. The third kappa shape index (κ3) is 5.18. The van der Waals surface area contributed by atoms with Crippen LogP contribution in [0.1, 0.15) is 18.9 Å². The maximum absolute atomic E-state index is 13.0. The van der Waals surface area contributed by atoms with Gasteiger partial charge in [0.1, 0.15) is 6.04 Å². The summed E-state index contributed by atoms with van der Waals surface area (Å²) in [5, 5.41) is 11.1. The van der Waals surface area contributed by atoms with Crippen LogP contribution in [0.25, 0.3) is 0 Å². The van der Waals surface area contributed by atoms with Crippen LogP contribution in [0.5, 0.6) is 0 Å². The average molecular weight is 295 g/mol. The first kappa shape index (κ1) is 16.6. The van der Waals surface area contributed by atoms with E-state index in [4.69, 9.17) is 11.0 Å². The molecule has 2 atom stereocenters. The molecule has 0 aliphatic heterocycles. The minimum atomic E-state index is -1.05. The minimum absolute atomic E-state index is 0.0926. The summed E-state index contributed by atoms with van der Waals surface area (Å²) in [6.07, 6.45) is -0.128. The Balaban J connectivity index is 2.67. The quantitative estimate of drug-likeness (QED) is 0.820. The molecule has 1 rings (SSSR count). The number of rotatable bonds is 6. The number of halogens is 2. The third-order valence-electron chi connectivity index (χ3n) is 2.84. The second-order valence-corrected chi connectivity index (χ2v) is 4.71. The Morgan fingerprint density at radius 3 is 2.57 bits per heavy atom. The van der Waals surface area contributed by atoms with Crippen LogP contribution in [0.4, 0.5) is 8.78 Å². The van der Waals surface area contributed by atoms with Gasteiger partial charge in [-0.3, -0.25) is 9.59 Å². The highest BCUT2D eigenvalue weighted by molar-refractivity contribution is 5.87. The number of hydrogen-bond donors (Lipinski definition) is 2. The van der Waals surface area contributed by atoms with Gasteiger partial charge >= 0.3 is 0 Å². The molecule has 7 heteroatoms. The lowest BCUT2D eigenvalue weighted by Gasteiger charge is -2.16. The number of hydrogen-bond acceptors (Lipinski definition) is 3. The van der Waals surface area contributed by atoms with E-state index < -0.39 is 35.4 Å². The molecule has 0 heterocycles. The van der Waals surface area contributed by atoms with Crippen molar-refractivity contribution in [1.82, 2.24) is 5.32 Å². The molecule has 0 radical (unpaired) electrons. The number of nitrogens with two attached hydrogens (primary N) is 1. The molecule has 0 saturated heterocycles. The fourth-order valence-corrected chi connectivity index (χ4v) is 1.73. The maximum atomic E-state index is 13.0. The Morgan fingerprint density at radius 1 is 1.38 bits per heavy atom. The van der Waals surface area contributed by atoms with Crippen molar-refractivity contribution in [3.8, 4) is 6.07 Å². The van der Waals surface area contributed by atoms with Gasteiger partial charge in [-0.1, -0.05) is 6.07 Å². The van der Waals surface area contributed by atoms with E-state index in [1.807, 2.05) is 6.07 Å². The predicted octanol–water partition coefficient (Wildman–Crippen LogP) is 1.03. The first-order valence-corrected chi connectivity index (χ1v) is 6.25. The SMILES string of the molecule is C[C@@H](C#N)C[C@@H](NC(=O)Cc1ccc(F)c(F)c1)C(N)=O. The van der Waals surface area contributed by atoms with Crippen LogP contribution in [0.2, 0.25) is 0 Å². The lowest BCUT2D eigenvalue weighted by Crippen LogP contribution is -2.45. The molecule has 1 aromatic rings. The number of primary amides is 1. The Bertz CT molecular complexity index is 584. The average Bonchev–Trinajstić information content (AvgIpc) is 2.41. The van der Waals surface area contributed by atoms with Crippen LogP contribution in [0.15, 0.2) is 18.2 Å². The first-order valence-electron chi connectivity index (χ1n) is 6.25. The van der Waals surface area contributed by atoms with Crippen molar-refractivity contribution in [2.75, 3.05) is 0 Å². The van der Waals surface area contributed by atoms with E-state index in [9.17, 15) is 18.4 Å². The molecule has 2 amide bonds. The largest absolute Gasteiger partial charge is 0.368 e. The zero-order valence-electron chi connectivity index (χ0n) is 11.4. The number of nitriles is 1. The lowest BCUT2D eigenvalue weighted by molar-refractivity contribution is -0.127. The van der Waals surface area contributed by atoms with Crippen LogP contribution < -0.4 is 11.1 Å². The van der Waals surface area contributed by atoms with Gasteiger partial charge in [-0.2, -0.15) is 5.26 Å². The second kappa shape index (κ2) is 7.33. The Morgan fingerprint density at radius 2 is 2.05 bits per heavy atom. The summed E-state index contributed by atoms with van der Waals surface area (Å²) in [5.41, 5.74) is 5.42. The molecule has 0 spiro atoms. The molecule has 21 heavy (non-hydrogen) atoms. The number of benzene rings is 1. The van der Waals surface area contributed by atoms with Gasteiger partial charge in [-0.05, 0) is 31.0 Å². The minimum Gasteiger partial charge on any atom is -0.368 e. The van der Waals surface area contributed by atoms with E-state index in [1.54, 1.807) is 6.92 Å². The molecule has 0 unspecified atom stereocenters. The van der Waals surface area contributed by atoms with Crippen molar-refractivity contribution in [1.29, 1.82) is 5.26 Å². The monoisotopic (exact) mass is 295 g/mol. The van der Waals surface area contributed by atoms with Gasteiger partial charge in [-0.15, -0.1) is 0 Å². The highest BCUT2D eigenvalue weighted by Gasteiger charge is 2.21. The maximum Gasteiger partial charge on any atom is 0.240 e. The number of amides is 2. The van der Waals surface area contributed by atoms with Crippen molar-refractivity contribution < 1.29 is 18.4 Å². The second-order valence-electron chi connectivity index (χ2n) is 4.71. The summed E-state index contributed by atoms with van der Waals surface area (Å²) in [4.78, 5) is 23.0. The van der Waals surface area contributed by atoms with Gasteiger partial charge in [0.15, 0.2) is 11.6 Å². The van der Waals surface area contributed by atoms with Gasteiger partial charge in [-0.25, -0.2) is 8.78 Å². The molecule has 112 valence electrons. The zero-order chi connectivity index (χ0) is 16.0. The Kier molecular flexibility index (Phi) is 5.79. The summed E-state index contributed by atoms with van der Waals surface area (Å²) in [5.74, 6) is -3.82. The smallest absolute Gasteiger partial charge is 0.240 e. The third-order valence-corrected chi connectivity index (χ3v) is 2.84.